The molecule has 19 heavy (non-hydrogen) atoms. The van der Waals surface area contributed by atoms with Crippen LogP contribution in [0.3, 0.4) is 0 Å². The topological polar surface area (TPSA) is 64.0 Å². The van der Waals surface area contributed by atoms with Crippen LogP contribution >= 0.6 is 23.1 Å². The van der Waals surface area contributed by atoms with Gasteiger partial charge in [0.1, 0.15) is 4.83 Å². The van der Waals surface area contributed by atoms with E-state index in [4.69, 9.17) is 0 Å². The first-order valence-electron chi connectivity index (χ1n) is 5.97. The molecule has 0 aliphatic heterocycles. The van der Waals surface area contributed by atoms with Gasteiger partial charge in [-0.3, -0.25) is 14.2 Å². The van der Waals surface area contributed by atoms with Gasteiger partial charge in [-0.25, -0.2) is 4.98 Å². The fraction of sp³-hybridized carbons (Fsp3) is 0.417. The first-order chi connectivity index (χ1) is 9.13. The smallest absolute Gasteiger partial charge is 0.262 e. The Morgan fingerprint density at radius 2 is 2.37 bits per heavy atom. The predicted molar refractivity (Wildman–Crippen MR) is 78.9 cm³/mol. The molecule has 0 radical (unpaired) electrons. The number of amides is 1. The average Bonchev–Trinajstić information content (AvgIpc) is 2.87. The molecule has 2 heterocycles. The van der Waals surface area contributed by atoms with Crippen molar-refractivity contribution in [1.82, 2.24) is 14.9 Å². The molecule has 102 valence electrons. The van der Waals surface area contributed by atoms with E-state index in [9.17, 15) is 9.59 Å². The second-order valence-corrected chi connectivity index (χ2v) is 5.87. The number of thiophene rings is 1. The van der Waals surface area contributed by atoms with Crippen LogP contribution in [-0.4, -0.2) is 27.8 Å². The molecule has 0 bridgehead atoms. The van der Waals surface area contributed by atoms with Crippen LogP contribution in [0.4, 0.5) is 0 Å². The van der Waals surface area contributed by atoms with Crippen molar-refractivity contribution < 1.29 is 4.79 Å². The van der Waals surface area contributed by atoms with Gasteiger partial charge in [-0.2, -0.15) is 0 Å². The van der Waals surface area contributed by atoms with E-state index in [-0.39, 0.29) is 17.2 Å². The maximum absolute atomic E-state index is 12.0. The minimum Gasteiger partial charge on any atom is -0.355 e. The lowest BCUT2D eigenvalue weighted by Crippen LogP contribution is -2.26. The molecule has 2 aromatic heterocycles. The first kappa shape index (κ1) is 14.1. The molecule has 1 amide bonds. The van der Waals surface area contributed by atoms with E-state index in [0.717, 1.165) is 11.3 Å². The number of carbonyl (C=O) groups excluding carboxylic acids is 1. The summed E-state index contributed by atoms with van der Waals surface area (Å²) in [6.07, 6.45) is 0.911. The molecule has 0 atom stereocenters. The Morgan fingerprint density at radius 3 is 3.11 bits per heavy atom. The van der Waals surface area contributed by atoms with Crippen LogP contribution in [0.2, 0.25) is 0 Å². The molecule has 0 saturated heterocycles. The van der Waals surface area contributed by atoms with Gasteiger partial charge in [-0.15, -0.1) is 11.3 Å². The van der Waals surface area contributed by atoms with Crippen molar-refractivity contribution in [2.75, 3.05) is 12.3 Å². The fourth-order valence-corrected chi connectivity index (χ4v) is 3.16. The number of hydrogen-bond acceptors (Lipinski definition) is 5. The van der Waals surface area contributed by atoms with Crippen molar-refractivity contribution in [3.63, 3.8) is 0 Å². The maximum Gasteiger partial charge on any atom is 0.262 e. The molecule has 0 aromatic carbocycles. The molecule has 0 aliphatic rings. The number of hydrogen-bond donors (Lipinski definition) is 1. The Hall–Kier alpha value is -1.34. The summed E-state index contributed by atoms with van der Waals surface area (Å²) in [7, 11) is 1.68. The highest BCUT2D eigenvalue weighted by Crippen LogP contribution is 2.20. The van der Waals surface area contributed by atoms with E-state index in [0.29, 0.717) is 17.1 Å². The van der Waals surface area contributed by atoms with Crippen LogP contribution in [0, 0.1) is 0 Å². The van der Waals surface area contributed by atoms with E-state index in [1.54, 1.807) is 13.1 Å². The van der Waals surface area contributed by atoms with Crippen LogP contribution in [0.1, 0.15) is 13.3 Å². The zero-order valence-corrected chi connectivity index (χ0v) is 12.4. The summed E-state index contributed by atoms with van der Waals surface area (Å²) in [6, 6.07) is 1.78. The summed E-state index contributed by atoms with van der Waals surface area (Å²) in [5.41, 5.74) is -0.0669. The Labute approximate surface area is 119 Å². The summed E-state index contributed by atoms with van der Waals surface area (Å²) in [6.45, 7) is 2.68. The average molecular weight is 297 g/mol. The molecule has 0 spiro atoms. The van der Waals surface area contributed by atoms with Gasteiger partial charge in [0.25, 0.3) is 5.56 Å². The van der Waals surface area contributed by atoms with Crippen molar-refractivity contribution in [2.24, 2.45) is 7.05 Å². The summed E-state index contributed by atoms with van der Waals surface area (Å²) in [4.78, 5) is 28.7. The first-order valence-corrected chi connectivity index (χ1v) is 7.83. The second-order valence-electron chi connectivity index (χ2n) is 4.04. The van der Waals surface area contributed by atoms with Gasteiger partial charge >= 0.3 is 0 Å². The van der Waals surface area contributed by atoms with E-state index in [1.807, 2.05) is 12.3 Å². The Balaban J connectivity index is 2.14. The van der Waals surface area contributed by atoms with Gasteiger partial charge in [0, 0.05) is 13.6 Å². The Kier molecular flexibility index (Phi) is 4.60. The number of nitrogens with one attached hydrogen (secondary N) is 1. The quantitative estimate of drug-likeness (QED) is 0.673. The highest BCUT2D eigenvalue weighted by Gasteiger charge is 2.11. The number of aromatic nitrogens is 2. The van der Waals surface area contributed by atoms with Crippen LogP contribution in [-0.2, 0) is 11.8 Å². The molecular formula is C12H15N3O2S2. The van der Waals surface area contributed by atoms with Gasteiger partial charge in [0.05, 0.1) is 11.1 Å². The van der Waals surface area contributed by atoms with Crippen LogP contribution in [0.15, 0.2) is 21.4 Å². The lowest BCUT2D eigenvalue weighted by atomic mass is 10.4. The maximum atomic E-state index is 12.0. The summed E-state index contributed by atoms with van der Waals surface area (Å²) >= 11 is 2.72. The largest absolute Gasteiger partial charge is 0.355 e. The molecule has 7 heteroatoms. The highest BCUT2D eigenvalue weighted by atomic mass is 32.2. The number of rotatable bonds is 5. The van der Waals surface area contributed by atoms with Crippen molar-refractivity contribution in [3.05, 3.63) is 21.8 Å². The third-order valence-corrected chi connectivity index (χ3v) is 4.40. The van der Waals surface area contributed by atoms with E-state index < -0.39 is 0 Å². The van der Waals surface area contributed by atoms with Crippen molar-refractivity contribution >= 4 is 39.2 Å². The number of fused-ring (bicyclic) bond motifs is 1. The van der Waals surface area contributed by atoms with Crippen molar-refractivity contribution in [2.45, 2.75) is 18.5 Å². The monoisotopic (exact) mass is 297 g/mol. The van der Waals surface area contributed by atoms with Gasteiger partial charge in [0.15, 0.2) is 5.16 Å². The molecular weight excluding hydrogens is 282 g/mol. The normalized spacial score (nSPS) is 10.8. The fourth-order valence-electron chi connectivity index (χ4n) is 1.55. The third-order valence-electron chi connectivity index (χ3n) is 2.57. The second kappa shape index (κ2) is 6.21. The lowest BCUT2D eigenvalue weighted by molar-refractivity contribution is -0.118. The number of thioether (sulfide) groups is 1. The predicted octanol–water partition coefficient (Wildman–Crippen LogP) is 1.61. The number of carbonyl (C=O) groups is 1. The van der Waals surface area contributed by atoms with Gasteiger partial charge < -0.3 is 5.32 Å². The molecule has 2 rings (SSSR count). The molecule has 0 saturated carbocycles. The molecule has 1 N–H and O–H groups in total. The minimum absolute atomic E-state index is 0.0348. The standard InChI is InChI=1S/C12H15N3O2S2/c1-3-5-13-9(16)7-19-12-14-10-8(4-6-18-10)11(17)15(12)2/h4,6H,3,5,7H2,1-2H3,(H,13,16). The van der Waals surface area contributed by atoms with Gasteiger partial charge in [-0.05, 0) is 17.9 Å². The molecule has 0 fully saturated rings. The Morgan fingerprint density at radius 1 is 1.58 bits per heavy atom. The van der Waals surface area contributed by atoms with E-state index in [2.05, 4.69) is 10.3 Å². The lowest BCUT2D eigenvalue weighted by Gasteiger charge is -2.07. The Bertz CT molecular complexity index is 648. The molecule has 0 aliphatic carbocycles. The molecule has 0 unspecified atom stereocenters. The van der Waals surface area contributed by atoms with E-state index in [1.165, 1.54) is 27.7 Å². The third kappa shape index (κ3) is 3.16. The van der Waals surface area contributed by atoms with Crippen molar-refractivity contribution in [3.8, 4) is 0 Å². The van der Waals surface area contributed by atoms with E-state index >= 15 is 0 Å². The zero-order valence-electron chi connectivity index (χ0n) is 10.8. The van der Waals surface area contributed by atoms with Gasteiger partial charge in [0.2, 0.25) is 5.91 Å². The SMILES string of the molecule is CCCNC(=O)CSc1nc2sccc2c(=O)n1C. The molecule has 2 aromatic rings. The summed E-state index contributed by atoms with van der Waals surface area (Å²) in [5, 5.41) is 5.85. The number of nitrogens with zero attached hydrogens (tertiary/aromatic N) is 2. The summed E-state index contributed by atoms with van der Waals surface area (Å²) < 4.78 is 1.49. The van der Waals surface area contributed by atoms with Crippen molar-refractivity contribution in [1.29, 1.82) is 0 Å². The highest BCUT2D eigenvalue weighted by molar-refractivity contribution is 7.99. The minimum atomic E-state index is -0.0669. The zero-order chi connectivity index (χ0) is 13.8. The van der Waals surface area contributed by atoms with Crippen LogP contribution in [0.25, 0.3) is 10.2 Å². The van der Waals surface area contributed by atoms with Gasteiger partial charge in [-0.1, -0.05) is 18.7 Å². The molecule has 5 nitrogen and oxygen atoms in total. The summed E-state index contributed by atoms with van der Waals surface area (Å²) in [5.74, 6) is 0.240. The van der Waals surface area contributed by atoms with Crippen LogP contribution in [0.5, 0.6) is 0 Å². The van der Waals surface area contributed by atoms with Crippen LogP contribution < -0.4 is 10.9 Å².